The fourth-order valence-electron chi connectivity index (χ4n) is 5.10. The summed E-state index contributed by atoms with van der Waals surface area (Å²) in [6.45, 7) is 1.74. The molecule has 0 spiro atoms. The van der Waals surface area contributed by atoms with Gasteiger partial charge in [-0.05, 0) is 31.4 Å². The number of aliphatic hydroxyl groups excluding tert-OH is 3. The van der Waals surface area contributed by atoms with Crippen molar-refractivity contribution in [3.8, 4) is 10.6 Å². The average molecular weight is 505 g/mol. The van der Waals surface area contributed by atoms with Gasteiger partial charge in [0.25, 0.3) is 0 Å². The Morgan fingerprint density at radius 3 is 2.56 bits per heavy atom. The summed E-state index contributed by atoms with van der Waals surface area (Å²) in [5.74, 6) is 1.08. The first-order chi connectivity index (χ1) is 17.5. The van der Waals surface area contributed by atoms with Crippen molar-refractivity contribution in [3.05, 3.63) is 60.0 Å². The lowest BCUT2D eigenvalue weighted by Crippen LogP contribution is -2.35. The molecule has 186 valence electrons. The van der Waals surface area contributed by atoms with E-state index in [1.807, 2.05) is 19.1 Å². The van der Waals surface area contributed by atoms with Crippen LogP contribution in [-0.2, 0) is 0 Å². The molecule has 0 bridgehead atoms. The van der Waals surface area contributed by atoms with Crippen LogP contribution in [-0.4, -0.2) is 66.2 Å². The van der Waals surface area contributed by atoms with E-state index in [0.29, 0.717) is 24.1 Å². The maximum Gasteiger partial charge on any atom is 0.225 e. The zero-order chi connectivity index (χ0) is 24.8. The number of fused-ring (bicyclic) bond motifs is 1. The molecule has 0 saturated heterocycles. The standard InChI is InChI=1S/C26H28N6O3S/c1-13-21(25-30-19-11-27-8-7-20(19)36-25)24(29-18-9-15(12-33)22(34)23(18)35)32-26(28-13)31-17-10-16(17)14-5-3-2-4-6-14/h2-8,11,15-18,22-23,33-35H,9-10,12H2,1H3,(H2,28,29,31,32)/t15-,16+,17-,18-,22-,23+/m1/s1. The number of benzene rings is 1. The SMILES string of the molecule is Cc1nc(N[C@@H]2C[C@H]2c2ccccc2)nc(N[C@@H]2C[C@H](CO)[C@@H](O)[C@H]2O)c1-c1nc2cnccc2s1. The van der Waals surface area contributed by atoms with Gasteiger partial charge < -0.3 is 26.0 Å². The largest absolute Gasteiger partial charge is 0.396 e. The van der Waals surface area contributed by atoms with Crippen molar-refractivity contribution in [1.82, 2.24) is 19.9 Å². The minimum Gasteiger partial charge on any atom is -0.396 e. The fraction of sp³-hybridized carbons (Fsp3) is 0.385. The van der Waals surface area contributed by atoms with E-state index in [4.69, 9.17) is 15.0 Å². The van der Waals surface area contributed by atoms with Crippen molar-refractivity contribution in [3.63, 3.8) is 0 Å². The van der Waals surface area contributed by atoms with E-state index in [9.17, 15) is 15.3 Å². The Labute approximate surface area is 212 Å². The summed E-state index contributed by atoms with van der Waals surface area (Å²) in [6, 6.07) is 12.1. The van der Waals surface area contributed by atoms with Crippen LogP contribution in [0.25, 0.3) is 20.8 Å². The maximum absolute atomic E-state index is 10.6. The minimum atomic E-state index is -1.02. The first kappa shape index (κ1) is 23.2. The summed E-state index contributed by atoms with van der Waals surface area (Å²) in [5.41, 5.74) is 3.60. The van der Waals surface area contributed by atoms with E-state index in [-0.39, 0.29) is 12.6 Å². The number of aryl methyl sites for hydroxylation is 1. The van der Waals surface area contributed by atoms with Crippen LogP contribution in [0, 0.1) is 12.8 Å². The summed E-state index contributed by atoms with van der Waals surface area (Å²) in [4.78, 5) is 18.5. The molecule has 6 rings (SSSR count). The molecule has 3 heterocycles. The Bertz CT molecular complexity index is 1350. The molecular formula is C26H28N6O3S. The van der Waals surface area contributed by atoms with Crippen LogP contribution >= 0.6 is 11.3 Å². The third-order valence-corrected chi connectivity index (χ3v) is 8.24. The number of pyridine rings is 1. The summed E-state index contributed by atoms with van der Waals surface area (Å²) in [6.07, 6.45) is 2.88. The van der Waals surface area contributed by atoms with Crippen LogP contribution in [0.15, 0.2) is 48.8 Å². The lowest BCUT2D eigenvalue weighted by atomic mass is 10.1. The molecule has 0 radical (unpaired) electrons. The van der Waals surface area contributed by atoms with Crippen molar-refractivity contribution < 1.29 is 15.3 Å². The van der Waals surface area contributed by atoms with Gasteiger partial charge in [-0.1, -0.05) is 30.3 Å². The number of hydrogen-bond donors (Lipinski definition) is 5. The van der Waals surface area contributed by atoms with E-state index >= 15 is 0 Å². The minimum absolute atomic E-state index is 0.188. The van der Waals surface area contributed by atoms with Gasteiger partial charge in [0.1, 0.15) is 22.4 Å². The molecule has 9 nitrogen and oxygen atoms in total. The van der Waals surface area contributed by atoms with Gasteiger partial charge in [0.2, 0.25) is 5.95 Å². The predicted octanol–water partition coefficient (Wildman–Crippen LogP) is 2.94. The van der Waals surface area contributed by atoms with Crippen molar-refractivity contribution in [2.24, 2.45) is 5.92 Å². The van der Waals surface area contributed by atoms with Gasteiger partial charge >= 0.3 is 0 Å². The highest BCUT2D eigenvalue weighted by Gasteiger charge is 2.42. The van der Waals surface area contributed by atoms with Crippen LogP contribution in [0.5, 0.6) is 0 Å². The first-order valence-electron chi connectivity index (χ1n) is 12.2. The normalized spacial score (nSPS) is 27.3. The van der Waals surface area contributed by atoms with Gasteiger partial charge in [0.05, 0.1) is 34.3 Å². The van der Waals surface area contributed by atoms with E-state index in [1.165, 1.54) is 16.9 Å². The van der Waals surface area contributed by atoms with Crippen molar-refractivity contribution in [2.45, 2.75) is 50.0 Å². The first-order valence-corrected chi connectivity index (χ1v) is 13.0. The lowest BCUT2D eigenvalue weighted by molar-refractivity contribution is 0.00446. The number of aromatic nitrogens is 4. The molecule has 0 unspecified atom stereocenters. The Morgan fingerprint density at radius 2 is 1.81 bits per heavy atom. The topological polar surface area (TPSA) is 136 Å². The van der Waals surface area contributed by atoms with Crippen LogP contribution in [0.3, 0.4) is 0 Å². The average Bonchev–Trinajstić information content (AvgIpc) is 3.43. The quantitative estimate of drug-likeness (QED) is 0.257. The summed E-state index contributed by atoms with van der Waals surface area (Å²) in [5, 5.41) is 38.2. The van der Waals surface area contributed by atoms with Crippen molar-refractivity contribution in [1.29, 1.82) is 0 Å². The Kier molecular flexibility index (Phi) is 6.04. The van der Waals surface area contributed by atoms with Crippen LogP contribution in [0.1, 0.15) is 30.0 Å². The number of hydrogen-bond acceptors (Lipinski definition) is 10. The molecule has 0 amide bonds. The second kappa shape index (κ2) is 9.36. The van der Waals surface area contributed by atoms with E-state index in [0.717, 1.165) is 32.9 Å². The molecule has 1 aromatic carbocycles. The number of nitrogens with zero attached hydrogens (tertiary/aromatic N) is 4. The number of aliphatic hydroxyl groups is 3. The van der Waals surface area contributed by atoms with Crippen LogP contribution in [0.2, 0.25) is 0 Å². The van der Waals surface area contributed by atoms with Gasteiger partial charge in [-0.15, -0.1) is 11.3 Å². The fourth-order valence-corrected chi connectivity index (χ4v) is 6.13. The number of nitrogens with one attached hydrogen (secondary N) is 2. The second-order valence-electron chi connectivity index (χ2n) is 9.63. The summed E-state index contributed by atoms with van der Waals surface area (Å²) < 4.78 is 1.01. The predicted molar refractivity (Wildman–Crippen MR) is 139 cm³/mol. The number of thiazole rings is 1. The van der Waals surface area contributed by atoms with Gasteiger partial charge in [-0.2, -0.15) is 4.98 Å². The molecule has 2 aliphatic carbocycles. The smallest absolute Gasteiger partial charge is 0.225 e. The van der Waals surface area contributed by atoms with Crippen molar-refractivity contribution in [2.75, 3.05) is 17.2 Å². The van der Waals surface area contributed by atoms with Gasteiger partial charge in [-0.3, -0.25) is 4.98 Å². The van der Waals surface area contributed by atoms with E-state index in [2.05, 4.69) is 39.9 Å². The molecular weight excluding hydrogens is 476 g/mol. The third kappa shape index (κ3) is 4.30. The third-order valence-electron chi connectivity index (χ3n) is 7.18. The van der Waals surface area contributed by atoms with Gasteiger partial charge in [0.15, 0.2) is 0 Å². The second-order valence-corrected chi connectivity index (χ2v) is 10.7. The van der Waals surface area contributed by atoms with E-state index < -0.39 is 24.2 Å². The molecule has 5 N–H and O–H groups in total. The monoisotopic (exact) mass is 504 g/mol. The highest BCUT2D eigenvalue weighted by atomic mass is 32.1. The summed E-state index contributed by atoms with van der Waals surface area (Å²) in [7, 11) is 0. The Morgan fingerprint density at radius 1 is 0.972 bits per heavy atom. The lowest BCUT2D eigenvalue weighted by Gasteiger charge is -2.21. The Hall–Kier alpha value is -3.18. The highest BCUT2D eigenvalue weighted by molar-refractivity contribution is 7.21. The molecule has 2 aliphatic rings. The molecule has 4 aromatic rings. The zero-order valence-corrected chi connectivity index (χ0v) is 20.6. The molecule has 36 heavy (non-hydrogen) atoms. The zero-order valence-electron chi connectivity index (χ0n) is 19.7. The Balaban J connectivity index is 1.34. The number of rotatable bonds is 7. The highest BCUT2D eigenvalue weighted by Crippen LogP contribution is 2.43. The molecule has 3 aromatic heterocycles. The molecule has 10 heteroatoms. The van der Waals surface area contributed by atoms with Crippen LogP contribution < -0.4 is 10.6 Å². The van der Waals surface area contributed by atoms with Gasteiger partial charge in [-0.25, -0.2) is 9.97 Å². The number of anilines is 2. The molecule has 2 saturated carbocycles. The maximum atomic E-state index is 10.6. The summed E-state index contributed by atoms with van der Waals surface area (Å²) >= 11 is 1.53. The molecule has 0 aliphatic heterocycles. The molecule has 6 atom stereocenters. The van der Waals surface area contributed by atoms with Crippen molar-refractivity contribution >= 4 is 33.3 Å². The van der Waals surface area contributed by atoms with E-state index in [1.54, 1.807) is 12.4 Å². The van der Waals surface area contributed by atoms with Crippen LogP contribution in [0.4, 0.5) is 11.8 Å². The van der Waals surface area contributed by atoms with Gasteiger partial charge in [0, 0.05) is 30.7 Å². The molecule has 2 fully saturated rings.